The van der Waals surface area contributed by atoms with E-state index in [1.165, 1.54) is 44.2 Å². The summed E-state index contributed by atoms with van der Waals surface area (Å²) in [6.45, 7) is 0. The molecule has 4 heteroatoms. The molecular formula is C22H24FNS2. The number of thioether (sulfide) groups is 2. The first-order chi connectivity index (χ1) is 12.8. The van der Waals surface area contributed by atoms with Gasteiger partial charge in [0.15, 0.2) is 0 Å². The minimum atomic E-state index is -0.201. The maximum Gasteiger partial charge on any atom is 0.123 e. The van der Waals surface area contributed by atoms with Gasteiger partial charge in [0.05, 0.1) is 10.7 Å². The van der Waals surface area contributed by atoms with Crippen LogP contribution in [-0.4, -0.2) is 10.8 Å². The normalized spacial score (nSPS) is 16.3. The number of para-hydroxylation sites is 1. The van der Waals surface area contributed by atoms with E-state index in [0.29, 0.717) is 0 Å². The average molecular weight is 386 g/mol. The summed E-state index contributed by atoms with van der Waals surface area (Å²) in [6.07, 6.45) is 8.90. The van der Waals surface area contributed by atoms with Crippen molar-refractivity contribution in [3.05, 3.63) is 71.9 Å². The van der Waals surface area contributed by atoms with Crippen molar-refractivity contribution in [2.24, 2.45) is 10.9 Å². The Morgan fingerprint density at radius 3 is 2.46 bits per heavy atom. The number of halogens is 1. The second-order valence-corrected chi connectivity index (χ2v) is 8.49. The quantitative estimate of drug-likeness (QED) is 0.290. The Balaban J connectivity index is 1.64. The van der Waals surface area contributed by atoms with Gasteiger partial charge in [0, 0.05) is 10.6 Å². The van der Waals surface area contributed by atoms with Gasteiger partial charge in [0.25, 0.3) is 0 Å². The minimum absolute atomic E-state index is 0.201. The molecule has 0 atom stereocenters. The topological polar surface area (TPSA) is 12.4 Å². The highest BCUT2D eigenvalue weighted by molar-refractivity contribution is 8.14. The highest BCUT2D eigenvalue weighted by Gasteiger charge is 2.14. The van der Waals surface area contributed by atoms with E-state index < -0.39 is 0 Å². The van der Waals surface area contributed by atoms with Gasteiger partial charge in [-0.1, -0.05) is 49.2 Å². The molecule has 0 aromatic heterocycles. The van der Waals surface area contributed by atoms with Gasteiger partial charge in [0.1, 0.15) is 5.82 Å². The molecule has 1 fully saturated rings. The first-order valence-corrected chi connectivity index (χ1v) is 11.0. The highest BCUT2D eigenvalue weighted by atomic mass is 32.2. The molecule has 2 aromatic carbocycles. The van der Waals surface area contributed by atoms with Crippen molar-refractivity contribution >= 4 is 34.3 Å². The van der Waals surface area contributed by atoms with Crippen molar-refractivity contribution in [1.29, 1.82) is 0 Å². The third-order valence-corrected chi connectivity index (χ3v) is 6.39. The monoisotopic (exact) mass is 385 g/mol. The van der Waals surface area contributed by atoms with Gasteiger partial charge in [0.2, 0.25) is 0 Å². The summed E-state index contributed by atoms with van der Waals surface area (Å²) in [7, 11) is 0. The molecule has 26 heavy (non-hydrogen) atoms. The van der Waals surface area contributed by atoms with Crippen LogP contribution in [0.2, 0.25) is 0 Å². The van der Waals surface area contributed by atoms with Gasteiger partial charge >= 0.3 is 0 Å². The van der Waals surface area contributed by atoms with E-state index in [2.05, 4.69) is 6.08 Å². The summed E-state index contributed by atoms with van der Waals surface area (Å²) in [5, 5.41) is 3.08. The van der Waals surface area contributed by atoms with E-state index in [0.717, 1.165) is 27.3 Å². The first kappa shape index (κ1) is 19.2. The summed E-state index contributed by atoms with van der Waals surface area (Å²) in [5.74, 6) is 1.75. The zero-order valence-corrected chi connectivity index (χ0v) is 16.4. The largest absolute Gasteiger partial charge is 0.242 e. The van der Waals surface area contributed by atoms with Crippen LogP contribution in [0.4, 0.5) is 10.1 Å². The van der Waals surface area contributed by atoms with Gasteiger partial charge in [-0.25, -0.2) is 9.38 Å². The summed E-state index contributed by atoms with van der Waals surface area (Å²) in [4.78, 5) is 5.83. The third-order valence-electron chi connectivity index (χ3n) is 4.42. The zero-order chi connectivity index (χ0) is 18.0. The molecule has 0 unspecified atom stereocenters. The van der Waals surface area contributed by atoms with E-state index in [-0.39, 0.29) is 5.82 Å². The average Bonchev–Trinajstić information content (AvgIpc) is 2.69. The van der Waals surface area contributed by atoms with Gasteiger partial charge in [-0.2, -0.15) is 0 Å². The van der Waals surface area contributed by atoms with Gasteiger partial charge in [-0.05, 0) is 66.6 Å². The molecule has 136 valence electrons. The molecule has 0 radical (unpaired) electrons. The number of aliphatic imine (C=N–C) groups is 1. The number of benzene rings is 2. The predicted molar refractivity (Wildman–Crippen MR) is 114 cm³/mol. The Labute approximate surface area is 164 Å². The SMILES string of the molecule is Fc1ccc(SC=CC(=Nc2ccccc2)SCC2CCCCC2)cc1. The first-order valence-electron chi connectivity index (χ1n) is 9.15. The number of hydrogen-bond donors (Lipinski definition) is 0. The third kappa shape index (κ3) is 6.65. The van der Waals surface area contributed by atoms with Gasteiger partial charge in [-0.15, -0.1) is 11.8 Å². The van der Waals surface area contributed by atoms with E-state index in [1.807, 2.05) is 47.5 Å². The number of hydrogen-bond acceptors (Lipinski definition) is 3. The minimum Gasteiger partial charge on any atom is -0.242 e. The lowest BCUT2D eigenvalue weighted by Crippen LogP contribution is -2.09. The van der Waals surface area contributed by atoms with Crippen molar-refractivity contribution in [2.75, 3.05) is 5.75 Å². The lowest BCUT2D eigenvalue weighted by molar-refractivity contribution is 0.391. The van der Waals surface area contributed by atoms with Crippen LogP contribution < -0.4 is 0 Å². The van der Waals surface area contributed by atoms with Crippen molar-refractivity contribution in [1.82, 2.24) is 0 Å². The lowest BCUT2D eigenvalue weighted by Gasteiger charge is -2.20. The van der Waals surface area contributed by atoms with Crippen molar-refractivity contribution in [3.63, 3.8) is 0 Å². The second-order valence-electron chi connectivity index (χ2n) is 6.48. The van der Waals surface area contributed by atoms with Crippen LogP contribution in [0.3, 0.4) is 0 Å². The van der Waals surface area contributed by atoms with Crippen LogP contribution in [0, 0.1) is 11.7 Å². The molecule has 0 aliphatic heterocycles. The second kappa shape index (κ2) is 10.6. The van der Waals surface area contributed by atoms with Crippen LogP contribution >= 0.6 is 23.5 Å². The molecule has 1 saturated carbocycles. The molecule has 0 heterocycles. The van der Waals surface area contributed by atoms with Gasteiger partial charge in [-0.3, -0.25) is 0 Å². The molecule has 1 aliphatic rings. The fraction of sp³-hybridized carbons (Fsp3) is 0.318. The maximum absolute atomic E-state index is 13.0. The Morgan fingerprint density at radius 2 is 1.73 bits per heavy atom. The summed E-state index contributed by atoms with van der Waals surface area (Å²) in [6, 6.07) is 16.7. The van der Waals surface area contributed by atoms with Crippen LogP contribution in [0.15, 0.2) is 76.0 Å². The van der Waals surface area contributed by atoms with Crippen LogP contribution in [0.25, 0.3) is 0 Å². The Bertz CT molecular complexity index is 720. The Kier molecular flexibility index (Phi) is 7.84. The van der Waals surface area contributed by atoms with E-state index in [1.54, 1.807) is 23.9 Å². The number of nitrogens with zero attached hydrogens (tertiary/aromatic N) is 1. The smallest absolute Gasteiger partial charge is 0.123 e. The van der Waals surface area contributed by atoms with Crippen LogP contribution in [0.1, 0.15) is 32.1 Å². The molecule has 1 aliphatic carbocycles. The number of rotatable bonds is 6. The standard InChI is InChI=1S/C22H24FNS2/c23-19-11-13-21(14-12-19)25-16-15-22(24-20-9-5-2-6-10-20)26-17-18-7-3-1-4-8-18/h2,5-6,9-16,18H,1,3-4,7-8,17H2. The summed E-state index contributed by atoms with van der Waals surface area (Å²) in [5.41, 5.74) is 0.982. The van der Waals surface area contributed by atoms with E-state index in [4.69, 9.17) is 4.99 Å². The van der Waals surface area contributed by atoms with E-state index >= 15 is 0 Å². The lowest BCUT2D eigenvalue weighted by atomic mass is 9.91. The molecule has 3 rings (SSSR count). The van der Waals surface area contributed by atoms with Crippen molar-refractivity contribution in [3.8, 4) is 0 Å². The van der Waals surface area contributed by atoms with Crippen molar-refractivity contribution in [2.45, 2.75) is 37.0 Å². The molecule has 0 N–H and O–H groups in total. The van der Waals surface area contributed by atoms with E-state index in [9.17, 15) is 4.39 Å². The summed E-state index contributed by atoms with van der Waals surface area (Å²) < 4.78 is 13.0. The highest BCUT2D eigenvalue weighted by Crippen LogP contribution is 2.28. The van der Waals surface area contributed by atoms with Crippen LogP contribution in [-0.2, 0) is 0 Å². The summed E-state index contributed by atoms with van der Waals surface area (Å²) >= 11 is 3.44. The molecular weight excluding hydrogens is 361 g/mol. The van der Waals surface area contributed by atoms with Crippen molar-refractivity contribution < 1.29 is 4.39 Å². The Hall–Kier alpha value is -1.52. The predicted octanol–water partition coefficient (Wildman–Crippen LogP) is 7.48. The molecule has 1 nitrogen and oxygen atoms in total. The maximum atomic E-state index is 13.0. The Morgan fingerprint density at radius 1 is 1.00 bits per heavy atom. The fourth-order valence-corrected chi connectivity index (χ4v) is 4.80. The molecule has 0 bridgehead atoms. The molecule has 0 spiro atoms. The zero-order valence-electron chi connectivity index (χ0n) is 14.8. The molecule has 0 amide bonds. The van der Waals surface area contributed by atoms with Gasteiger partial charge < -0.3 is 0 Å². The van der Waals surface area contributed by atoms with Crippen LogP contribution in [0.5, 0.6) is 0 Å². The fourth-order valence-electron chi connectivity index (χ4n) is 2.99. The molecule has 2 aromatic rings. The molecule has 0 saturated heterocycles.